The van der Waals surface area contributed by atoms with Gasteiger partial charge in [-0.3, -0.25) is 20.0 Å². The van der Waals surface area contributed by atoms with Crippen molar-refractivity contribution in [1.82, 2.24) is 15.2 Å². The van der Waals surface area contributed by atoms with E-state index in [1.54, 1.807) is 0 Å². The van der Waals surface area contributed by atoms with Crippen molar-refractivity contribution in [2.75, 3.05) is 26.2 Å². The van der Waals surface area contributed by atoms with Crippen LogP contribution in [0, 0.1) is 0 Å². The van der Waals surface area contributed by atoms with E-state index < -0.39 is 0 Å². The minimum atomic E-state index is -0.0816. The third kappa shape index (κ3) is 4.26. The zero-order valence-electron chi connectivity index (χ0n) is 11.3. The first-order valence-electron chi connectivity index (χ1n) is 6.56. The van der Waals surface area contributed by atoms with Crippen molar-refractivity contribution in [2.45, 2.75) is 45.7 Å². The summed E-state index contributed by atoms with van der Waals surface area (Å²) in [5, 5.41) is 0. The summed E-state index contributed by atoms with van der Waals surface area (Å²) in [6, 6.07) is 0.942. The number of amides is 1. The molecule has 1 aliphatic rings. The molecule has 0 bridgehead atoms. The van der Waals surface area contributed by atoms with Gasteiger partial charge in [-0.1, -0.05) is 6.92 Å². The number of hydrazine groups is 1. The number of nitrogens with zero attached hydrogens (tertiary/aromatic N) is 2. The highest BCUT2D eigenvalue weighted by molar-refractivity contribution is 5.75. The van der Waals surface area contributed by atoms with Crippen LogP contribution in [0.5, 0.6) is 0 Å². The maximum atomic E-state index is 11.2. The molecule has 2 atom stereocenters. The number of carbonyl (C=O) groups excluding carboxylic acids is 1. The molecule has 5 nitrogen and oxygen atoms in total. The molecule has 1 heterocycles. The summed E-state index contributed by atoms with van der Waals surface area (Å²) < 4.78 is 0. The fourth-order valence-corrected chi connectivity index (χ4v) is 2.33. The molecule has 2 unspecified atom stereocenters. The molecule has 17 heavy (non-hydrogen) atoms. The van der Waals surface area contributed by atoms with Gasteiger partial charge in [0.2, 0.25) is 5.91 Å². The first-order chi connectivity index (χ1) is 8.08. The van der Waals surface area contributed by atoms with E-state index in [2.05, 4.69) is 36.0 Å². The molecule has 0 aromatic rings. The number of hydrogen-bond donors (Lipinski definition) is 2. The van der Waals surface area contributed by atoms with Crippen LogP contribution < -0.4 is 11.3 Å². The van der Waals surface area contributed by atoms with Crippen molar-refractivity contribution in [1.29, 1.82) is 0 Å². The van der Waals surface area contributed by atoms with E-state index in [1.165, 1.54) is 6.42 Å². The van der Waals surface area contributed by atoms with Crippen molar-refractivity contribution in [3.05, 3.63) is 0 Å². The largest absolute Gasteiger partial charge is 0.298 e. The quantitative estimate of drug-likeness (QED) is 0.410. The molecule has 0 spiro atoms. The highest BCUT2D eigenvalue weighted by atomic mass is 16.2. The average Bonchev–Trinajstić information content (AvgIpc) is 2.37. The van der Waals surface area contributed by atoms with Gasteiger partial charge in [-0.15, -0.1) is 0 Å². The summed E-state index contributed by atoms with van der Waals surface area (Å²) in [4.78, 5) is 16.1. The number of nitrogens with two attached hydrogens (primary N) is 1. The van der Waals surface area contributed by atoms with Crippen molar-refractivity contribution >= 4 is 5.91 Å². The Kier molecular flexibility index (Phi) is 5.88. The molecule has 1 rings (SSSR count). The Bertz CT molecular complexity index is 239. The first kappa shape index (κ1) is 14.4. The molecule has 0 aromatic heterocycles. The van der Waals surface area contributed by atoms with Gasteiger partial charge in [0.05, 0.1) is 0 Å². The fraction of sp³-hybridized carbons (Fsp3) is 0.917. The molecule has 1 fully saturated rings. The second kappa shape index (κ2) is 6.93. The molecule has 5 heteroatoms. The van der Waals surface area contributed by atoms with Gasteiger partial charge in [-0.05, 0) is 20.3 Å². The second-order valence-corrected chi connectivity index (χ2v) is 4.95. The summed E-state index contributed by atoms with van der Waals surface area (Å²) in [6.45, 7) is 10.9. The Morgan fingerprint density at radius 1 is 1.18 bits per heavy atom. The van der Waals surface area contributed by atoms with E-state index in [0.29, 0.717) is 12.5 Å². The van der Waals surface area contributed by atoms with Crippen LogP contribution in [0.4, 0.5) is 0 Å². The Hall–Kier alpha value is -0.650. The summed E-state index contributed by atoms with van der Waals surface area (Å²) in [7, 11) is 0. The Labute approximate surface area is 104 Å². The van der Waals surface area contributed by atoms with Crippen LogP contribution in [-0.2, 0) is 4.79 Å². The predicted octanol–water partition coefficient (Wildman–Crippen LogP) is 0.171. The molecule has 1 aliphatic heterocycles. The van der Waals surface area contributed by atoms with Gasteiger partial charge in [0.1, 0.15) is 0 Å². The highest BCUT2D eigenvalue weighted by Crippen LogP contribution is 2.12. The van der Waals surface area contributed by atoms with E-state index in [9.17, 15) is 4.79 Å². The molecule has 100 valence electrons. The minimum Gasteiger partial charge on any atom is -0.298 e. The number of nitrogens with one attached hydrogen (secondary N) is 1. The van der Waals surface area contributed by atoms with Crippen molar-refractivity contribution in [3.8, 4) is 0 Å². The number of piperazine rings is 1. The Morgan fingerprint density at radius 3 is 2.06 bits per heavy atom. The van der Waals surface area contributed by atoms with Gasteiger partial charge in [0.25, 0.3) is 0 Å². The van der Waals surface area contributed by atoms with Gasteiger partial charge >= 0.3 is 0 Å². The van der Waals surface area contributed by atoms with Gasteiger partial charge < -0.3 is 0 Å². The topological polar surface area (TPSA) is 61.6 Å². The number of carbonyl (C=O) groups is 1. The normalized spacial score (nSPS) is 22.1. The molecule has 0 aromatic carbocycles. The molecule has 0 saturated carbocycles. The van der Waals surface area contributed by atoms with Gasteiger partial charge in [0.15, 0.2) is 0 Å². The number of rotatable bonds is 5. The van der Waals surface area contributed by atoms with Crippen LogP contribution in [0.1, 0.15) is 33.6 Å². The third-order valence-corrected chi connectivity index (χ3v) is 3.83. The maximum Gasteiger partial charge on any atom is 0.235 e. The van der Waals surface area contributed by atoms with Crippen LogP contribution >= 0.6 is 0 Å². The van der Waals surface area contributed by atoms with Gasteiger partial charge in [-0.2, -0.15) is 0 Å². The summed E-state index contributed by atoms with van der Waals surface area (Å²) in [5.74, 6) is 5.02. The molecule has 0 radical (unpaired) electrons. The minimum absolute atomic E-state index is 0.0816. The summed E-state index contributed by atoms with van der Waals surface area (Å²) in [6.07, 6.45) is 1.69. The van der Waals surface area contributed by atoms with Crippen LogP contribution in [-0.4, -0.2) is 54.0 Å². The van der Waals surface area contributed by atoms with Crippen LogP contribution in [0.2, 0.25) is 0 Å². The lowest BCUT2D eigenvalue weighted by atomic mass is 10.1. The van der Waals surface area contributed by atoms with E-state index in [1.807, 2.05) is 0 Å². The van der Waals surface area contributed by atoms with Crippen molar-refractivity contribution in [3.63, 3.8) is 0 Å². The van der Waals surface area contributed by atoms with Gasteiger partial charge in [-0.25, -0.2) is 5.84 Å². The van der Waals surface area contributed by atoms with E-state index in [-0.39, 0.29) is 11.9 Å². The average molecular weight is 242 g/mol. The van der Waals surface area contributed by atoms with Crippen LogP contribution in [0.25, 0.3) is 0 Å². The van der Waals surface area contributed by atoms with Crippen molar-refractivity contribution < 1.29 is 4.79 Å². The molecule has 0 aliphatic carbocycles. The van der Waals surface area contributed by atoms with Crippen LogP contribution in [0.3, 0.4) is 0 Å². The molecule has 3 N–H and O–H groups in total. The second-order valence-electron chi connectivity index (χ2n) is 4.95. The molecule has 1 saturated heterocycles. The molecule has 1 amide bonds. The van der Waals surface area contributed by atoms with Gasteiger partial charge in [0, 0.05) is 44.7 Å². The third-order valence-electron chi connectivity index (χ3n) is 3.83. The van der Waals surface area contributed by atoms with E-state index in [4.69, 9.17) is 5.84 Å². The standard InChI is InChI=1S/C12H26N4O/c1-4-10(2)15-5-7-16(8-6-15)11(3)9-12(17)14-13/h10-11H,4-9,13H2,1-3H3,(H,14,17). The van der Waals surface area contributed by atoms with Crippen LogP contribution in [0.15, 0.2) is 0 Å². The lowest BCUT2D eigenvalue weighted by Gasteiger charge is -2.40. The first-order valence-corrected chi connectivity index (χ1v) is 6.56. The zero-order chi connectivity index (χ0) is 12.8. The Balaban J connectivity index is 2.33. The predicted molar refractivity (Wildman–Crippen MR) is 69.3 cm³/mol. The molecular formula is C12H26N4O. The van der Waals surface area contributed by atoms with E-state index >= 15 is 0 Å². The smallest absolute Gasteiger partial charge is 0.235 e. The highest BCUT2D eigenvalue weighted by Gasteiger charge is 2.24. The van der Waals surface area contributed by atoms with Crippen molar-refractivity contribution in [2.24, 2.45) is 5.84 Å². The monoisotopic (exact) mass is 242 g/mol. The summed E-state index contributed by atoms with van der Waals surface area (Å²) >= 11 is 0. The van der Waals surface area contributed by atoms with E-state index in [0.717, 1.165) is 26.2 Å². The SMILES string of the molecule is CCC(C)N1CCN(C(C)CC(=O)NN)CC1. The summed E-state index contributed by atoms with van der Waals surface area (Å²) in [5.41, 5.74) is 2.20. The fourth-order valence-electron chi connectivity index (χ4n) is 2.33. The maximum absolute atomic E-state index is 11.2. The lowest BCUT2D eigenvalue weighted by Crippen LogP contribution is -2.52. The Morgan fingerprint density at radius 2 is 1.65 bits per heavy atom. The zero-order valence-corrected chi connectivity index (χ0v) is 11.3. The number of hydrogen-bond acceptors (Lipinski definition) is 4. The lowest BCUT2D eigenvalue weighted by molar-refractivity contribution is -0.122. The molecular weight excluding hydrogens is 216 g/mol.